The zero-order valence-corrected chi connectivity index (χ0v) is 30.0. The van der Waals surface area contributed by atoms with Crippen molar-refractivity contribution in [3.63, 3.8) is 0 Å². The molecule has 0 atom stereocenters. The third kappa shape index (κ3) is 10.0. The van der Waals surface area contributed by atoms with Crippen LogP contribution in [-0.4, -0.2) is 105 Å². The van der Waals surface area contributed by atoms with Crippen molar-refractivity contribution in [2.24, 2.45) is 0 Å². The van der Waals surface area contributed by atoms with Crippen LogP contribution < -0.4 is 16.0 Å². The summed E-state index contributed by atoms with van der Waals surface area (Å²) < 4.78 is 32.5. The standard InChI is InChI=1S/C37H46N6O10/c1-3-37(4-2,40-36(45)52-25-30-28-11-7-5-9-26(28)27-10-6-8-12-29(27)30)35(44)39-16-18-49-20-22-51-24-23-50-21-19-48-17-15-38-31-13-14-32(43(46)47)34-33(31)41-53-42-34/h5-14,30,38H,3-4,15-25H2,1-2H3,(H,39,44)(H,40,45). The van der Waals surface area contributed by atoms with Crippen LogP contribution in [0, 0.1) is 10.1 Å². The van der Waals surface area contributed by atoms with Crippen molar-refractivity contribution in [1.29, 1.82) is 0 Å². The summed E-state index contributed by atoms with van der Waals surface area (Å²) in [5.74, 6) is -0.359. The number of rotatable bonds is 23. The van der Waals surface area contributed by atoms with Crippen LogP contribution in [0.2, 0.25) is 0 Å². The number of anilines is 1. The van der Waals surface area contributed by atoms with E-state index in [1.54, 1.807) is 6.07 Å². The van der Waals surface area contributed by atoms with Gasteiger partial charge in [-0.25, -0.2) is 9.42 Å². The smallest absolute Gasteiger partial charge is 0.408 e. The monoisotopic (exact) mass is 734 g/mol. The maximum absolute atomic E-state index is 13.2. The van der Waals surface area contributed by atoms with Crippen molar-refractivity contribution in [3.05, 3.63) is 81.9 Å². The van der Waals surface area contributed by atoms with Gasteiger partial charge in [0, 0.05) is 25.1 Å². The number of amides is 2. The van der Waals surface area contributed by atoms with Crippen LogP contribution in [-0.2, 0) is 28.5 Å². The van der Waals surface area contributed by atoms with Crippen molar-refractivity contribution < 1.29 is 42.8 Å². The zero-order valence-electron chi connectivity index (χ0n) is 30.0. The van der Waals surface area contributed by atoms with Crippen LogP contribution in [0.3, 0.4) is 0 Å². The Morgan fingerprint density at radius 2 is 1.32 bits per heavy atom. The molecule has 1 aliphatic rings. The Kier molecular flexibility index (Phi) is 14.5. The molecule has 0 fully saturated rings. The summed E-state index contributed by atoms with van der Waals surface area (Å²) in [6.45, 7) is 7.56. The minimum atomic E-state index is -1.10. The van der Waals surface area contributed by atoms with E-state index in [1.807, 2.05) is 38.1 Å². The Hall–Kier alpha value is -5.16. The van der Waals surface area contributed by atoms with Crippen LogP contribution in [0.25, 0.3) is 22.2 Å². The number of alkyl carbamates (subject to hydrolysis) is 1. The fourth-order valence-electron chi connectivity index (χ4n) is 6.20. The molecule has 16 nitrogen and oxygen atoms in total. The lowest BCUT2D eigenvalue weighted by Gasteiger charge is -2.31. The Morgan fingerprint density at radius 3 is 1.91 bits per heavy atom. The van der Waals surface area contributed by atoms with E-state index < -0.39 is 16.6 Å². The third-order valence-electron chi connectivity index (χ3n) is 9.13. The fraction of sp³-hybridized carbons (Fsp3) is 0.459. The largest absolute Gasteiger partial charge is 0.449 e. The van der Waals surface area contributed by atoms with E-state index in [0.717, 1.165) is 22.3 Å². The molecule has 53 heavy (non-hydrogen) atoms. The Balaban J connectivity index is 0.874. The second-order valence-electron chi connectivity index (χ2n) is 12.2. The average Bonchev–Trinajstić information content (AvgIpc) is 3.79. The van der Waals surface area contributed by atoms with Crippen LogP contribution in [0.1, 0.15) is 43.7 Å². The van der Waals surface area contributed by atoms with Crippen LogP contribution in [0.4, 0.5) is 16.2 Å². The molecule has 1 aromatic heterocycles. The number of nitro groups is 1. The second kappa shape index (κ2) is 19.6. The molecule has 1 heterocycles. The number of nitro benzene ring substituents is 1. The van der Waals surface area contributed by atoms with Gasteiger partial charge in [0.1, 0.15) is 12.1 Å². The lowest BCUT2D eigenvalue weighted by Crippen LogP contribution is -2.58. The molecule has 1 aliphatic carbocycles. The Labute approximate surface area is 306 Å². The lowest BCUT2D eigenvalue weighted by molar-refractivity contribution is -0.383. The predicted molar refractivity (Wildman–Crippen MR) is 195 cm³/mol. The molecular formula is C37H46N6O10. The number of non-ortho nitro benzene ring substituents is 1. The number of benzene rings is 3. The topological polar surface area (TPSA) is 198 Å². The predicted octanol–water partition coefficient (Wildman–Crippen LogP) is 4.82. The van der Waals surface area contributed by atoms with Gasteiger partial charge in [-0.3, -0.25) is 14.9 Å². The second-order valence-corrected chi connectivity index (χ2v) is 12.2. The normalized spacial score (nSPS) is 12.3. The number of aromatic nitrogens is 2. The van der Waals surface area contributed by atoms with Gasteiger partial charge in [-0.1, -0.05) is 62.4 Å². The number of hydrogen-bond acceptors (Lipinski definition) is 13. The molecule has 5 rings (SSSR count). The minimum absolute atomic E-state index is 0.0702. The van der Waals surface area contributed by atoms with Gasteiger partial charge in [0.05, 0.1) is 63.5 Å². The molecule has 4 aromatic rings. The Morgan fingerprint density at radius 1 is 0.774 bits per heavy atom. The highest BCUT2D eigenvalue weighted by molar-refractivity contribution is 5.93. The van der Waals surface area contributed by atoms with Gasteiger partial charge in [0.25, 0.3) is 0 Å². The molecular weight excluding hydrogens is 688 g/mol. The van der Waals surface area contributed by atoms with Gasteiger partial charge in [-0.05, 0) is 51.5 Å². The zero-order chi connectivity index (χ0) is 37.5. The summed E-state index contributed by atoms with van der Waals surface area (Å²) in [5.41, 5.74) is 4.19. The van der Waals surface area contributed by atoms with Crippen LogP contribution in [0.5, 0.6) is 0 Å². The van der Waals surface area contributed by atoms with E-state index >= 15 is 0 Å². The molecule has 0 radical (unpaired) electrons. The maximum Gasteiger partial charge on any atom is 0.408 e. The van der Waals surface area contributed by atoms with Gasteiger partial charge in [-0.2, -0.15) is 0 Å². The molecule has 0 bridgehead atoms. The van der Waals surface area contributed by atoms with Gasteiger partial charge >= 0.3 is 11.8 Å². The summed E-state index contributed by atoms with van der Waals surface area (Å²) in [4.78, 5) is 36.7. The minimum Gasteiger partial charge on any atom is -0.449 e. The molecule has 0 unspecified atom stereocenters. The first-order valence-electron chi connectivity index (χ1n) is 17.7. The van der Waals surface area contributed by atoms with E-state index in [4.69, 9.17) is 23.7 Å². The summed E-state index contributed by atoms with van der Waals surface area (Å²) in [6.07, 6.45) is 0.169. The van der Waals surface area contributed by atoms with E-state index in [-0.39, 0.29) is 48.3 Å². The van der Waals surface area contributed by atoms with Crippen molar-refractivity contribution in [2.75, 3.05) is 77.9 Å². The number of nitrogens with one attached hydrogen (secondary N) is 3. The van der Waals surface area contributed by atoms with Crippen LogP contribution in [0.15, 0.2) is 65.3 Å². The van der Waals surface area contributed by atoms with E-state index in [2.05, 4.69) is 55.2 Å². The first-order chi connectivity index (χ1) is 25.9. The number of ether oxygens (including phenoxy) is 5. The summed E-state index contributed by atoms with van der Waals surface area (Å²) in [7, 11) is 0. The maximum atomic E-state index is 13.2. The van der Waals surface area contributed by atoms with E-state index in [9.17, 15) is 19.7 Å². The first kappa shape index (κ1) is 39.1. The van der Waals surface area contributed by atoms with E-state index in [0.29, 0.717) is 71.3 Å². The molecule has 0 aliphatic heterocycles. The van der Waals surface area contributed by atoms with Crippen LogP contribution >= 0.6 is 0 Å². The summed E-state index contributed by atoms with van der Waals surface area (Å²) in [5, 5.41) is 27.3. The van der Waals surface area contributed by atoms with Gasteiger partial charge in [0.2, 0.25) is 11.4 Å². The highest BCUT2D eigenvalue weighted by Gasteiger charge is 2.37. The number of carbonyl (C=O) groups excluding carboxylic acids is 2. The number of fused-ring (bicyclic) bond motifs is 4. The molecule has 2 amide bonds. The average molecular weight is 735 g/mol. The molecule has 0 spiro atoms. The molecule has 0 saturated heterocycles. The van der Waals surface area contributed by atoms with Gasteiger partial charge < -0.3 is 39.6 Å². The first-order valence-corrected chi connectivity index (χ1v) is 17.7. The van der Waals surface area contributed by atoms with Crippen molar-refractivity contribution >= 4 is 34.4 Å². The summed E-state index contributed by atoms with van der Waals surface area (Å²) in [6, 6.07) is 19.2. The number of hydrogen-bond donors (Lipinski definition) is 3. The lowest BCUT2D eigenvalue weighted by atomic mass is 9.92. The number of nitrogens with zero attached hydrogens (tertiary/aromatic N) is 3. The highest BCUT2D eigenvalue weighted by atomic mass is 16.6. The fourth-order valence-corrected chi connectivity index (χ4v) is 6.20. The quantitative estimate of drug-likeness (QED) is 0.0533. The number of carbonyl (C=O) groups is 2. The highest BCUT2D eigenvalue weighted by Crippen LogP contribution is 2.44. The SMILES string of the molecule is CCC(CC)(NC(=O)OCC1c2ccccc2-c2ccccc21)C(=O)NCCOCCOCCOCCOCCNc1ccc([N+](=O)[O-])c2nonc12. The molecule has 3 N–H and O–H groups in total. The molecule has 16 heteroatoms. The van der Waals surface area contributed by atoms with E-state index in [1.165, 1.54) is 6.07 Å². The Bertz CT molecular complexity index is 1770. The molecule has 3 aromatic carbocycles. The molecule has 284 valence electrons. The molecule has 0 saturated carbocycles. The summed E-state index contributed by atoms with van der Waals surface area (Å²) >= 11 is 0. The van der Waals surface area contributed by atoms with Crippen molar-refractivity contribution in [3.8, 4) is 11.1 Å². The van der Waals surface area contributed by atoms with Crippen molar-refractivity contribution in [1.82, 2.24) is 20.9 Å². The van der Waals surface area contributed by atoms with Crippen molar-refractivity contribution in [2.45, 2.75) is 38.1 Å². The third-order valence-corrected chi connectivity index (χ3v) is 9.13. The van der Waals surface area contributed by atoms with Gasteiger partial charge in [0.15, 0.2) is 5.52 Å². The van der Waals surface area contributed by atoms with Gasteiger partial charge in [-0.15, -0.1) is 0 Å².